The van der Waals surface area contributed by atoms with Crippen LogP contribution in [0.3, 0.4) is 0 Å². The Morgan fingerprint density at radius 2 is 2.58 bits per heavy atom. The normalized spacial score (nSPS) is 9.75. The number of nitrogens with two attached hydrogens (primary N) is 1. The molecule has 0 fully saturated rings. The Hall–Kier alpha value is -1.10. The molecule has 1 rings (SSSR count). The highest BCUT2D eigenvalue weighted by molar-refractivity contribution is 7.13. The first kappa shape index (κ1) is 8.99. The van der Waals surface area contributed by atoms with Crippen molar-refractivity contribution in [3.05, 3.63) is 11.1 Å². The van der Waals surface area contributed by atoms with Gasteiger partial charge in [-0.3, -0.25) is 4.79 Å². The maximum absolute atomic E-state index is 10.4. The number of amides is 1. The number of rotatable bonds is 4. The lowest BCUT2D eigenvalue weighted by atomic mass is 10.4. The molecule has 0 spiro atoms. The molecule has 1 aromatic heterocycles. The van der Waals surface area contributed by atoms with E-state index in [0.29, 0.717) is 0 Å². The minimum absolute atomic E-state index is 0.149. The van der Waals surface area contributed by atoms with E-state index in [1.165, 1.54) is 11.3 Å². The van der Waals surface area contributed by atoms with Crippen LogP contribution in [0.2, 0.25) is 0 Å². The number of hydrogen-bond donors (Lipinski definition) is 2. The van der Waals surface area contributed by atoms with Crippen molar-refractivity contribution in [2.75, 3.05) is 11.9 Å². The van der Waals surface area contributed by atoms with E-state index >= 15 is 0 Å². The smallest absolute Gasteiger partial charge is 0.236 e. The minimum Gasteiger partial charge on any atom is -0.368 e. The van der Waals surface area contributed by atoms with Crippen LogP contribution >= 0.6 is 11.3 Å². The van der Waals surface area contributed by atoms with Gasteiger partial charge in [0.1, 0.15) is 0 Å². The maximum Gasteiger partial charge on any atom is 0.236 e. The lowest BCUT2D eigenvalue weighted by molar-refractivity contribution is -0.116. The maximum atomic E-state index is 10.4. The highest BCUT2D eigenvalue weighted by Crippen LogP contribution is 2.14. The van der Waals surface area contributed by atoms with Crippen LogP contribution in [-0.4, -0.2) is 17.4 Å². The zero-order valence-electron chi connectivity index (χ0n) is 6.83. The number of carbonyl (C=O) groups is 1. The molecule has 1 heterocycles. The van der Waals surface area contributed by atoms with Crippen molar-refractivity contribution in [3.63, 3.8) is 0 Å². The molecular formula is C7H11N3OS. The first-order valence-electron chi connectivity index (χ1n) is 3.69. The van der Waals surface area contributed by atoms with Gasteiger partial charge in [0.15, 0.2) is 5.13 Å². The van der Waals surface area contributed by atoms with E-state index in [0.717, 1.165) is 17.2 Å². The first-order valence-corrected chi connectivity index (χ1v) is 4.57. The van der Waals surface area contributed by atoms with Crippen molar-refractivity contribution in [3.8, 4) is 0 Å². The average molecular weight is 185 g/mol. The van der Waals surface area contributed by atoms with Gasteiger partial charge in [0.05, 0.1) is 12.2 Å². The van der Waals surface area contributed by atoms with Crippen LogP contribution in [0, 0.1) is 0 Å². The van der Waals surface area contributed by atoms with E-state index in [1.807, 2.05) is 12.3 Å². The summed E-state index contributed by atoms with van der Waals surface area (Å²) in [4.78, 5) is 14.6. The number of nitrogens with one attached hydrogen (secondary N) is 1. The van der Waals surface area contributed by atoms with Crippen LogP contribution in [0.1, 0.15) is 12.6 Å². The molecule has 0 saturated carbocycles. The predicted molar refractivity (Wildman–Crippen MR) is 49.2 cm³/mol. The molecule has 1 aromatic rings. The van der Waals surface area contributed by atoms with Gasteiger partial charge in [-0.15, -0.1) is 11.3 Å². The van der Waals surface area contributed by atoms with Crippen LogP contribution in [-0.2, 0) is 11.2 Å². The second-order valence-electron chi connectivity index (χ2n) is 2.32. The Balaban J connectivity index is 2.47. The number of aromatic nitrogens is 1. The van der Waals surface area contributed by atoms with E-state index in [-0.39, 0.29) is 12.5 Å². The van der Waals surface area contributed by atoms with Crippen LogP contribution in [0.4, 0.5) is 5.13 Å². The Morgan fingerprint density at radius 1 is 1.83 bits per heavy atom. The van der Waals surface area contributed by atoms with Crippen LogP contribution < -0.4 is 11.1 Å². The molecule has 0 aliphatic heterocycles. The van der Waals surface area contributed by atoms with E-state index in [1.54, 1.807) is 0 Å². The monoisotopic (exact) mass is 185 g/mol. The lowest BCUT2D eigenvalue weighted by Crippen LogP contribution is -2.21. The van der Waals surface area contributed by atoms with Crippen molar-refractivity contribution in [2.45, 2.75) is 13.3 Å². The van der Waals surface area contributed by atoms with Gasteiger partial charge < -0.3 is 11.1 Å². The van der Waals surface area contributed by atoms with Crippen molar-refractivity contribution in [1.29, 1.82) is 0 Å². The van der Waals surface area contributed by atoms with Gasteiger partial charge in [-0.25, -0.2) is 4.98 Å². The molecule has 66 valence electrons. The molecule has 5 heteroatoms. The Bertz CT molecular complexity index is 271. The molecule has 0 saturated heterocycles. The average Bonchev–Trinajstić information content (AvgIpc) is 2.48. The Morgan fingerprint density at radius 3 is 3.08 bits per heavy atom. The van der Waals surface area contributed by atoms with E-state index < -0.39 is 0 Å². The van der Waals surface area contributed by atoms with Gasteiger partial charge in [0.25, 0.3) is 0 Å². The molecule has 4 nitrogen and oxygen atoms in total. The summed E-state index contributed by atoms with van der Waals surface area (Å²) in [6, 6.07) is 0. The third kappa shape index (κ3) is 2.50. The van der Waals surface area contributed by atoms with Crippen molar-refractivity contribution < 1.29 is 4.79 Å². The third-order valence-corrected chi connectivity index (χ3v) is 2.18. The second kappa shape index (κ2) is 4.06. The SMILES string of the molecule is CCc1csc(NCC(N)=O)n1. The molecule has 0 aliphatic rings. The summed E-state index contributed by atoms with van der Waals surface area (Å²) in [6.45, 7) is 2.18. The molecular weight excluding hydrogens is 174 g/mol. The van der Waals surface area contributed by atoms with Gasteiger partial charge >= 0.3 is 0 Å². The quantitative estimate of drug-likeness (QED) is 0.722. The number of aryl methyl sites for hydroxylation is 1. The zero-order chi connectivity index (χ0) is 8.97. The highest BCUT2D eigenvalue weighted by Gasteiger charge is 1.99. The van der Waals surface area contributed by atoms with Crippen molar-refractivity contribution in [1.82, 2.24) is 4.98 Å². The standard InChI is InChI=1S/C7H11N3OS/c1-2-5-4-12-7(10-5)9-3-6(8)11/h4H,2-3H2,1H3,(H2,8,11)(H,9,10). The summed E-state index contributed by atoms with van der Waals surface area (Å²) in [7, 11) is 0. The summed E-state index contributed by atoms with van der Waals surface area (Å²) in [5.41, 5.74) is 5.99. The first-order chi connectivity index (χ1) is 5.72. The molecule has 12 heavy (non-hydrogen) atoms. The van der Waals surface area contributed by atoms with E-state index in [4.69, 9.17) is 5.73 Å². The van der Waals surface area contributed by atoms with Gasteiger partial charge in [-0.1, -0.05) is 6.92 Å². The molecule has 0 aromatic carbocycles. The third-order valence-electron chi connectivity index (χ3n) is 1.33. The number of primary amides is 1. The second-order valence-corrected chi connectivity index (χ2v) is 3.18. The zero-order valence-corrected chi connectivity index (χ0v) is 7.65. The molecule has 0 atom stereocenters. The Labute approximate surface area is 74.8 Å². The number of carbonyl (C=O) groups excluding carboxylic acids is 1. The van der Waals surface area contributed by atoms with E-state index in [2.05, 4.69) is 10.3 Å². The van der Waals surface area contributed by atoms with Crippen LogP contribution in [0.5, 0.6) is 0 Å². The summed E-state index contributed by atoms with van der Waals surface area (Å²) in [6.07, 6.45) is 0.911. The molecule has 0 aliphatic carbocycles. The van der Waals surface area contributed by atoms with Gasteiger partial charge in [0, 0.05) is 5.38 Å². The summed E-state index contributed by atoms with van der Waals surface area (Å²) >= 11 is 1.49. The molecule has 0 bridgehead atoms. The molecule has 3 N–H and O–H groups in total. The summed E-state index contributed by atoms with van der Waals surface area (Å²) in [5.74, 6) is -0.372. The highest BCUT2D eigenvalue weighted by atomic mass is 32.1. The molecule has 0 radical (unpaired) electrons. The van der Waals surface area contributed by atoms with Crippen LogP contribution in [0.15, 0.2) is 5.38 Å². The lowest BCUT2D eigenvalue weighted by Gasteiger charge is -1.96. The number of anilines is 1. The number of nitrogens with zero attached hydrogens (tertiary/aromatic N) is 1. The molecule has 0 unspecified atom stereocenters. The number of hydrogen-bond acceptors (Lipinski definition) is 4. The predicted octanol–water partition coefficient (Wildman–Crippen LogP) is 0.603. The van der Waals surface area contributed by atoms with Gasteiger partial charge in [-0.05, 0) is 6.42 Å². The van der Waals surface area contributed by atoms with Gasteiger partial charge in [-0.2, -0.15) is 0 Å². The van der Waals surface area contributed by atoms with Crippen LogP contribution in [0.25, 0.3) is 0 Å². The van der Waals surface area contributed by atoms with E-state index in [9.17, 15) is 4.79 Å². The summed E-state index contributed by atoms with van der Waals surface area (Å²) < 4.78 is 0. The fourth-order valence-electron chi connectivity index (χ4n) is 0.713. The minimum atomic E-state index is -0.372. The fraction of sp³-hybridized carbons (Fsp3) is 0.429. The topological polar surface area (TPSA) is 68.0 Å². The van der Waals surface area contributed by atoms with Gasteiger partial charge in [0.2, 0.25) is 5.91 Å². The largest absolute Gasteiger partial charge is 0.368 e. The Kier molecular flexibility index (Phi) is 3.04. The van der Waals surface area contributed by atoms with Crippen molar-refractivity contribution in [2.24, 2.45) is 5.73 Å². The molecule has 1 amide bonds. The number of thiazole rings is 1. The fourth-order valence-corrected chi connectivity index (χ4v) is 1.51. The summed E-state index contributed by atoms with van der Waals surface area (Å²) in [5, 5.41) is 5.55. The van der Waals surface area contributed by atoms with Crippen molar-refractivity contribution >= 4 is 22.4 Å².